The number of hydrogen-bond acceptors (Lipinski definition) is 3. The number of benzene rings is 6. The zero-order chi connectivity index (χ0) is 37.6. The third-order valence-electron chi connectivity index (χ3n) is 11.2. The van der Waals surface area contributed by atoms with Crippen LogP contribution in [0.1, 0.15) is 22.3 Å². The highest BCUT2D eigenvalue weighted by Gasteiger charge is 2.23. The number of aromatic nitrogens is 3. The van der Waals surface area contributed by atoms with E-state index in [1.165, 1.54) is 38.9 Å². The third kappa shape index (κ3) is 5.84. The predicted molar refractivity (Wildman–Crippen MR) is 228 cm³/mol. The largest absolute Gasteiger partial charge is 0.268 e. The van der Waals surface area contributed by atoms with E-state index in [0.717, 1.165) is 50.2 Å². The molecule has 0 bridgehead atoms. The van der Waals surface area contributed by atoms with Gasteiger partial charge in [0.15, 0.2) is 0 Å². The molecule has 3 heterocycles. The molecule has 55 heavy (non-hydrogen) atoms. The zero-order valence-corrected chi connectivity index (χ0v) is 31.3. The first-order valence-corrected chi connectivity index (χ1v) is 18.7. The van der Waals surface area contributed by atoms with E-state index in [4.69, 9.17) is 9.97 Å². The van der Waals surface area contributed by atoms with Gasteiger partial charge in [-0.3, -0.25) is 14.2 Å². The van der Waals surface area contributed by atoms with Gasteiger partial charge in [0.05, 0.1) is 16.6 Å². The molecule has 0 aliphatic carbocycles. The van der Waals surface area contributed by atoms with Crippen LogP contribution in [0.15, 0.2) is 169 Å². The Balaban J connectivity index is 1.20. The molecule has 0 N–H and O–H groups in total. The van der Waals surface area contributed by atoms with Gasteiger partial charge in [0, 0.05) is 23.5 Å². The van der Waals surface area contributed by atoms with Gasteiger partial charge in [-0.05, 0) is 130 Å². The number of rotatable bonds is 6. The number of nitrogens with zero attached hydrogens (tertiary/aromatic N) is 3. The van der Waals surface area contributed by atoms with Crippen molar-refractivity contribution < 1.29 is 0 Å². The maximum absolute atomic E-state index is 13.3. The lowest BCUT2D eigenvalue weighted by atomic mass is 9.80. The van der Waals surface area contributed by atoms with Crippen molar-refractivity contribution in [3.8, 4) is 66.9 Å². The van der Waals surface area contributed by atoms with Crippen molar-refractivity contribution in [1.29, 1.82) is 0 Å². The van der Waals surface area contributed by atoms with E-state index in [2.05, 4.69) is 149 Å². The van der Waals surface area contributed by atoms with Crippen LogP contribution in [-0.4, -0.2) is 14.4 Å². The summed E-state index contributed by atoms with van der Waals surface area (Å²) in [5, 5.41) is 0.604. The monoisotopic (exact) mass is 709 g/mol. The molecular weight excluding hydrogens is 671 g/mol. The molecular formula is C51H39N3O. The first-order valence-electron chi connectivity index (χ1n) is 18.7. The molecule has 4 nitrogen and oxygen atoms in total. The standard InChI is InChI=1S/C51H39N3O/c1-32-34(3)50(42-24-14-12-22-40(42)45-31-52-46(37-19-9-6-10-20-37)30-44(45)36-17-7-5-8-18-36)35(4)33(2)49(32)41-23-13-11-21-39(41)38-26-27-43-47(29-38)53-48-25-15-16-28-54(48)51(43)55/h5-31H,1-4H3. The minimum Gasteiger partial charge on any atom is -0.268 e. The Bertz CT molecular complexity index is 2950. The summed E-state index contributed by atoms with van der Waals surface area (Å²) in [5.74, 6) is 0. The van der Waals surface area contributed by atoms with Crippen molar-refractivity contribution in [2.24, 2.45) is 0 Å². The lowest BCUT2D eigenvalue weighted by Crippen LogP contribution is -2.14. The SMILES string of the molecule is Cc1c(C)c(-c2ccccc2-c2cnc(-c3ccccc3)cc2-c2ccccc2)c(C)c(C)c1-c1ccccc1-c1ccc2c(=O)n3ccccc3nc2c1. The highest BCUT2D eigenvalue weighted by atomic mass is 16.1. The molecule has 264 valence electrons. The maximum atomic E-state index is 13.3. The fraction of sp³-hybridized carbons (Fsp3) is 0.0784. The summed E-state index contributed by atoms with van der Waals surface area (Å²) in [6, 6.07) is 52.2. The molecule has 4 heteroatoms. The minimum absolute atomic E-state index is 0.0620. The molecule has 0 aliphatic heterocycles. The highest BCUT2D eigenvalue weighted by molar-refractivity contribution is 5.97. The second-order valence-electron chi connectivity index (χ2n) is 14.3. The van der Waals surface area contributed by atoms with Crippen molar-refractivity contribution in [3.63, 3.8) is 0 Å². The molecule has 0 fully saturated rings. The second kappa shape index (κ2) is 13.8. The number of fused-ring (bicyclic) bond motifs is 2. The summed E-state index contributed by atoms with van der Waals surface area (Å²) in [6.45, 7) is 9.02. The molecule has 0 saturated heterocycles. The van der Waals surface area contributed by atoms with E-state index in [0.29, 0.717) is 16.6 Å². The molecule has 6 aromatic carbocycles. The summed E-state index contributed by atoms with van der Waals surface area (Å²) in [6.07, 6.45) is 3.82. The van der Waals surface area contributed by atoms with Gasteiger partial charge in [-0.1, -0.05) is 121 Å². The first kappa shape index (κ1) is 33.9. The maximum Gasteiger partial charge on any atom is 0.265 e. The van der Waals surface area contributed by atoms with E-state index in [1.807, 2.05) is 36.5 Å². The quantitative estimate of drug-likeness (QED) is 0.162. The summed E-state index contributed by atoms with van der Waals surface area (Å²) in [4.78, 5) is 23.2. The van der Waals surface area contributed by atoms with Gasteiger partial charge in [-0.15, -0.1) is 0 Å². The van der Waals surface area contributed by atoms with Crippen molar-refractivity contribution in [2.45, 2.75) is 27.7 Å². The van der Waals surface area contributed by atoms with Gasteiger partial charge in [-0.25, -0.2) is 4.98 Å². The van der Waals surface area contributed by atoms with E-state index in [9.17, 15) is 4.79 Å². The van der Waals surface area contributed by atoms with E-state index in [-0.39, 0.29) is 5.56 Å². The Morgan fingerprint density at radius 3 is 1.65 bits per heavy atom. The van der Waals surface area contributed by atoms with Gasteiger partial charge >= 0.3 is 0 Å². The van der Waals surface area contributed by atoms with Crippen LogP contribution in [0.3, 0.4) is 0 Å². The van der Waals surface area contributed by atoms with Crippen LogP contribution in [0.5, 0.6) is 0 Å². The highest BCUT2D eigenvalue weighted by Crippen LogP contribution is 2.46. The Labute approximate surface area is 321 Å². The van der Waals surface area contributed by atoms with Crippen LogP contribution in [0.25, 0.3) is 83.4 Å². The van der Waals surface area contributed by atoms with Crippen LogP contribution >= 0.6 is 0 Å². The molecule has 0 atom stereocenters. The van der Waals surface area contributed by atoms with Crippen molar-refractivity contribution >= 4 is 16.6 Å². The van der Waals surface area contributed by atoms with E-state index >= 15 is 0 Å². The van der Waals surface area contributed by atoms with Crippen LogP contribution in [0, 0.1) is 27.7 Å². The lowest BCUT2D eigenvalue weighted by Gasteiger charge is -2.24. The van der Waals surface area contributed by atoms with E-state index in [1.54, 1.807) is 10.6 Å². The van der Waals surface area contributed by atoms with Gasteiger partial charge in [0.1, 0.15) is 5.65 Å². The number of pyridine rings is 2. The van der Waals surface area contributed by atoms with Crippen molar-refractivity contribution in [2.75, 3.05) is 0 Å². The smallest absolute Gasteiger partial charge is 0.265 e. The van der Waals surface area contributed by atoms with Crippen LogP contribution < -0.4 is 5.56 Å². The van der Waals surface area contributed by atoms with Crippen molar-refractivity contribution in [1.82, 2.24) is 14.4 Å². The molecule has 0 spiro atoms. The van der Waals surface area contributed by atoms with Crippen LogP contribution in [-0.2, 0) is 0 Å². The summed E-state index contributed by atoms with van der Waals surface area (Å²) < 4.78 is 1.60. The molecule has 0 amide bonds. The van der Waals surface area contributed by atoms with E-state index < -0.39 is 0 Å². The van der Waals surface area contributed by atoms with Crippen molar-refractivity contribution in [3.05, 3.63) is 197 Å². The fourth-order valence-corrected chi connectivity index (χ4v) is 8.23. The van der Waals surface area contributed by atoms with Gasteiger partial charge in [-0.2, -0.15) is 0 Å². The van der Waals surface area contributed by atoms with Gasteiger partial charge in [0.25, 0.3) is 5.56 Å². The summed E-state index contributed by atoms with van der Waals surface area (Å²) in [7, 11) is 0. The molecule has 9 rings (SSSR count). The predicted octanol–water partition coefficient (Wildman–Crippen LogP) is 12.5. The molecule has 0 aliphatic rings. The topological polar surface area (TPSA) is 47.3 Å². The molecule has 0 unspecified atom stereocenters. The van der Waals surface area contributed by atoms with Gasteiger partial charge in [0.2, 0.25) is 0 Å². The molecule has 3 aromatic heterocycles. The fourth-order valence-electron chi connectivity index (χ4n) is 8.23. The van der Waals surface area contributed by atoms with Gasteiger partial charge < -0.3 is 0 Å². The minimum atomic E-state index is -0.0620. The average molecular weight is 710 g/mol. The van der Waals surface area contributed by atoms with Crippen LogP contribution in [0.4, 0.5) is 0 Å². The normalized spacial score (nSPS) is 11.3. The van der Waals surface area contributed by atoms with Crippen LogP contribution in [0.2, 0.25) is 0 Å². The lowest BCUT2D eigenvalue weighted by molar-refractivity contribution is 1.08. The summed E-state index contributed by atoms with van der Waals surface area (Å²) >= 11 is 0. The molecule has 9 aromatic rings. The average Bonchev–Trinajstić information content (AvgIpc) is 3.24. The Kier molecular flexibility index (Phi) is 8.51. The molecule has 0 radical (unpaired) electrons. The molecule has 0 saturated carbocycles. The second-order valence-corrected chi connectivity index (χ2v) is 14.3. The summed E-state index contributed by atoms with van der Waals surface area (Å²) in [5.41, 5.74) is 19.8. The Morgan fingerprint density at radius 1 is 0.455 bits per heavy atom. The third-order valence-corrected chi connectivity index (χ3v) is 11.2. The first-order chi connectivity index (χ1) is 26.9. The number of hydrogen-bond donors (Lipinski definition) is 0. The zero-order valence-electron chi connectivity index (χ0n) is 31.3. The Hall–Kier alpha value is -6.91. The Morgan fingerprint density at radius 2 is 1.00 bits per heavy atom.